The Morgan fingerprint density at radius 3 is 3.00 bits per heavy atom. The van der Waals surface area contributed by atoms with Crippen LogP contribution in [-0.2, 0) is 4.74 Å². The number of thiazole rings is 1. The summed E-state index contributed by atoms with van der Waals surface area (Å²) >= 11 is 1.54. The van der Waals surface area contributed by atoms with Crippen molar-refractivity contribution in [1.29, 1.82) is 0 Å². The molecule has 1 aromatic heterocycles. The number of nitrogens with one attached hydrogen (secondary N) is 1. The van der Waals surface area contributed by atoms with E-state index < -0.39 is 6.03 Å². The van der Waals surface area contributed by atoms with Gasteiger partial charge in [0.15, 0.2) is 5.13 Å². The van der Waals surface area contributed by atoms with Gasteiger partial charge in [-0.3, -0.25) is 0 Å². The van der Waals surface area contributed by atoms with E-state index in [1.807, 2.05) is 6.92 Å². The lowest BCUT2D eigenvalue weighted by atomic mass is 10.4. The maximum Gasteiger partial charge on any atom is 0.332 e. The summed E-state index contributed by atoms with van der Waals surface area (Å²) in [4.78, 5) is 18.1. The number of carbonyl (C=O) groups is 1. The second-order valence-corrected chi connectivity index (χ2v) is 4.79. The monoisotopic (exact) mass is 269 g/mol. The molecule has 0 aromatic carbocycles. The van der Waals surface area contributed by atoms with E-state index in [-0.39, 0.29) is 0 Å². The van der Waals surface area contributed by atoms with Crippen LogP contribution in [0.4, 0.5) is 9.93 Å². The number of carbonyl (C=O) groups excluding carboxylic acids is 1. The van der Waals surface area contributed by atoms with Crippen molar-refractivity contribution in [2.45, 2.75) is 6.92 Å². The molecule has 1 aromatic rings. The standard InChI is InChI=1S/C10H15N5O2S/c1-7-8(6-12-14-9(11)16)18-10(13-7)15-2-4-17-5-3-15/h6H,2-5H2,1H3,(H3,11,14,16). The van der Waals surface area contributed by atoms with Gasteiger partial charge in [-0.05, 0) is 6.92 Å². The third-order valence-corrected chi connectivity index (χ3v) is 3.61. The Kier molecular flexibility index (Phi) is 4.11. The molecular formula is C10H15N5O2S. The van der Waals surface area contributed by atoms with Crippen LogP contribution in [0.15, 0.2) is 5.10 Å². The zero-order valence-corrected chi connectivity index (χ0v) is 10.9. The zero-order chi connectivity index (χ0) is 13.0. The number of hydrazone groups is 1. The molecule has 0 saturated carbocycles. The average Bonchev–Trinajstić information content (AvgIpc) is 2.72. The number of urea groups is 1. The Hall–Kier alpha value is -1.67. The van der Waals surface area contributed by atoms with E-state index in [0.717, 1.165) is 42.0 Å². The molecule has 0 radical (unpaired) electrons. The van der Waals surface area contributed by atoms with Crippen molar-refractivity contribution in [1.82, 2.24) is 10.4 Å². The van der Waals surface area contributed by atoms with Crippen LogP contribution < -0.4 is 16.1 Å². The molecule has 3 N–H and O–H groups in total. The molecule has 0 aliphatic carbocycles. The van der Waals surface area contributed by atoms with Gasteiger partial charge >= 0.3 is 6.03 Å². The van der Waals surface area contributed by atoms with Crippen molar-refractivity contribution in [3.05, 3.63) is 10.6 Å². The number of primary amides is 1. The van der Waals surface area contributed by atoms with E-state index in [0.29, 0.717) is 0 Å². The number of rotatable bonds is 3. The normalized spacial score (nSPS) is 16.2. The third kappa shape index (κ3) is 3.17. The molecule has 2 amide bonds. The Morgan fingerprint density at radius 2 is 2.33 bits per heavy atom. The van der Waals surface area contributed by atoms with Gasteiger partial charge in [0.05, 0.1) is 30.0 Å². The van der Waals surface area contributed by atoms with Gasteiger partial charge in [-0.2, -0.15) is 5.10 Å². The molecule has 1 aliphatic rings. The molecule has 8 heteroatoms. The molecule has 2 heterocycles. The average molecular weight is 269 g/mol. The number of nitrogens with zero attached hydrogens (tertiary/aromatic N) is 3. The maximum atomic E-state index is 10.5. The van der Waals surface area contributed by atoms with E-state index in [9.17, 15) is 4.79 Å². The predicted octanol–water partition coefficient (Wildman–Crippen LogP) is 0.290. The van der Waals surface area contributed by atoms with Crippen LogP contribution in [0.5, 0.6) is 0 Å². The minimum Gasteiger partial charge on any atom is -0.378 e. The molecule has 0 spiro atoms. The number of nitrogens with two attached hydrogens (primary N) is 1. The molecular weight excluding hydrogens is 254 g/mol. The summed E-state index contributed by atoms with van der Waals surface area (Å²) in [5.41, 5.74) is 7.97. The number of amides is 2. The van der Waals surface area contributed by atoms with Gasteiger partial charge in [0.25, 0.3) is 0 Å². The first kappa shape index (κ1) is 12.8. The van der Waals surface area contributed by atoms with Crippen molar-refractivity contribution in [2.75, 3.05) is 31.2 Å². The van der Waals surface area contributed by atoms with Gasteiger partial charge in [0.1, 0.15) is 0 Å². The lowest BCUT2D eigenvalue weighted by Crippen LogP contribution is -2.36. The van der Waals surface area contributed by atoms with Crippen LogP contribution in [-0.4, -0.2) is 43.5 Å². The van der Waals surface area contributed by atoms with Crippen LogP contribution >= 0.6 is 11.3 Å². The van der Waals surface area contributed by atoms with Crippen LogP contribution in [0.1, 0.15) is 10.6 Å². The Balaban J connectivity index is 2.06. The second-order valence-electron chi connectivity index (χ2n) is 3.78. The highest BCUT2D eigenvalue weighted by molar-refractivity contribution is 7.17. The summed E-state index contributed by atoms with van der Waals surface area (Å²) in [6.45, 7) is 5.06. The van der Waals surface area contributed by atoms with Crippen molar-refractivity contribution >= 4 is 28.7 Å². The predicted molar refractivity (Wildman–Crippen MR) is 70.2 cm³/mol. The molecule has 0 atom stereocenters. The van der Waals surface area contributed by atoms with Gasteiger partial charge in [-0.1, -0.05) is 11.3 Å². The Labute approximate surface area is 109 Å². The fourth-order valence-corrected chi connectivity index (χ4v) is 2.55. The molecule has 1 fully saturated rings. The van der Waals surface area contributed by atoms with Gasteiger partial charge in [-0.15, -0.1) is 0 Å². The fourth-order valence-electron chi connectivity index (χ4n) is 1.56. The topological polar surface area (TPSA) is 92.8 Å². The molecule has 1 aliphatic heterocycles. The van der Waals surface area contributed by atoms with Crippen molar-refractivity contribution < 1.29 is 9.53 Å². The van der Waals surface area contributed by atoms with Gasteiger partial charge < -0.3 is 15.4 Å². The molecule has 98 valence electrons. The summed E-state index contributed by atoms with van der Waals surface area (Å²) in [6, 6.07) is -0.679. The Bertz CT molecular complexity index is 453. The van der Waals surface area contributed by atoms with E-state index in [1.165, 1.54) is 11.3 Å². The minimum atomic E-state index is -0.679. The minimum absolute atomic E-state index is 0.679. The van der Waals surface area contributed by atoms with Crippen LogP contribution in [0.25, 0.3) is 0 Å². The van der Waals surface area contributed by atoms with Gasteiger partial charge in [-0.25, -0.2) is 15.2 Å². The maximum absolute atomic E-state index is 10.5. The molecule has 18 heavy (non-hydrogen) atoms. The first-order valence-corrected chi connectivity index (χ1v) is 6.37. The van der Waals surface area contributed by atoms with Crippen LogP contribution in [0.3, 0.4) is 0 Å². The largest absolute Gasteiger partial charge is 0.378 e. The Morgan fingerprint density at radius 1 is 1.61 bits per heavy atom. The highest BCUT2D eigenvalue weighted by Gasteiger charge is 2.16. The first-order chi connectivity index (χ1) is 8.66. The fraction of sp³-hybridized carbons (Fsp3) is 0.500. The number of anilines is 1. The van der Waals surface area contributed by atoms with Crippen molar-refractivity contribution in [2.24, 2.45) is 10.8 Å². The van der Waals surface area contributed by atoms with Gasteiger partial charge in [0, 0.05) is 13.1 Å². The van der Waals surface area contributed by atoms with Crippen LogP contribution in [0.2, 0.25) is 0 Å². The van der Waals surface area contributed by atoms with Gasteiger partial charge in [0.2, 0.25) is 0 Å². The summed E-state index contributed by atoms with van der Waals surface area (Å²) < 4.78 is 5.30. The first-order valence-electron chi connectivity index (χ1n) is 5.55. The lowest BCUT2D eigenvalue weighted by Gasteiger charge is -2.25. The van der Waals surface area contributed by atoms with Crippen LogP contribution in [0, 0.1) is 6.92 Å². The van der Waals surface area contributed by atoms with E-state index in [1.54, 1.807) is 6.21 Å². The highest BCUT2D eigenvalue weighted by atomic mass is 32.1. The summed E-state index contributed by atoms with van der Waals surface area (Å²) in [5, 5.41) is 4.69. The molecule has 2 rings (SSSR count). The molecule has 0 unspecified atom stereocenters. The summed E-state index contributed by atoms with van der Waals surface area (Å²) in [6.07, 6.45) is 1.56. The number of hydrogen-bond donors (Lipinski definition) is 2. The van der Waals surface area contributed by atoms with E-state index in [4.69, 9.17) is 10.5 Å². The quantitative estimate of drug-likeness (QED) is 0.609. The number of hydrogen-bond acceptors (Lipinski definition) is 6. The summed E-state index contributed by atoms with van der Waals surface area (Å²) in [7, 11) is 0. The van der Waals surface area contributed by atoms with E-state index in [2.05, 4.69) is 20.4 Å². The molecule has 0 bridgehead atoms. The number of morpholine rings is 1. The molecule has 1 saturated heterocycles. The summed E-state index contributed by atoms with van der Waals surface area (Å²) in [5.74, 6) is 0. The van der Waals surface area contributed by atoms with E-state index >= 15 is 0 Å². The highest BCUT2D eigenvalue weighted by Crippen LogP contribution is 2.25. The number of aromatic nitrogens is 1. The second kappa shape index (κ2) is 5.78. The zero-order valence-electron chi connectivity index (χ0n) is 10.0. The van der Waals surface area contributed by atoms with Crippen molar-refractivity contribution in [3.8, 4) is 0 Å². The number of aryl methyl sites for hydroxylation is 1. The smallest absolute Gasteiger partial charge is 0.332 e. The van der Waals surface area contributed by atoms with Crippen molar-refractivity contribution in [3.63, 3.8) is 0 Å². The molecule has 7 nitrogen and oxygen atoms in total. The SMILES string of the molecule is Cc1nc(N2CCOCC2)sc1C=NNC(N)=O. The number of ether oxygens (including phenoxy) is 1. The lowest BCUT2D eigenvalue weighted by molar-refractivity contribution is 0.122. The third-order valence-electron chi connectivity index (χ3n) is 2.46.